The zero-order valence-electron chi connectivity index (χ0n) is 15.7. The molecule has 1 rings (SSSR count). The summed E-state index contributed by atoms with van der Waals surface area (Å²) in [5.74, 6) is 2.20. The molecule has 1 aliphatic rings. The fourth-order valence-electron chi connectivity index (χ4n) is 2.52. The first-order valence-electron chi connectivity index (χ1n) is 8.65. The summed E-state index contributed by atoms with van der Waals surface area (Å²) in [5, 5.41) is 0. The maximum Gasteiger partial charge on any atom is 0.225 e. The highest BCUT2D eigenvalue weighted by molar-refractivity contribution is 5.79. The number of nitrogens with zero attached hydrogens (tertiary/aromatic N) is 1. The second-order valence-electron chi connectivity index (χ2n) is 6.18. The van der Waals surface area contributed by atoms with E-state index in [1.165, 1.54) is 6.42 Å². The molecule has 2 heteroatoms. The van der Waals surface area contributed by atoms with Gasteiger partial charge in [-0.3, -0.25) is 4.79 Å². The Morgan fingerprint density at radius 2 is 1.45 bits per heavy atom. The molecule has 1 amide bonds. The summed E-state index contributed by atoms with van der Waals surface area (Å²) in [6, 6.07) is 0.462. The first-order valence-corrected chi connectivity index (χ1v) is 8.65. The standard InChI is InChI=1S/C14H27NO.2C2H6/c1-9(2)12(6)14(16)15-8-11(5)7-13(15)10(3)4;2*1-2/h9-13H,7-8H2,1-6H3;2*1-2H3/t11?,12?,13-;;/m0../s1. The van der Waals surface area contributed by atoms with Crippen molar-refractivity contribution in [2.45, 2.75) is 81.7 Å². The first-order chi connectivity index (χ1) is 9.34. The molecular formula is C18H39NO. The molecule has 1 heterocycles. The molecule has 3 atom stereocenters. The maximum atomic E-state index is 12.4. The second-order valence-corrected chi connectivity index (χ2v) is 6.18. The number of carbonyl (C=O) groups excluding carboxylic acids is 1. The topological polar surface area (TPSA) is 20.3 Å². The van der Waals surface area contributed by atoms with Crippen LogP contribution in [0.25, 0.3) is 0 Å². The summed E-state index contributed by atoms with van der Waals surface area (Å²) in [6.45, 7) is 22.0. The van der Waals surface area contributed by atoms with Gasteiger partial charge >= 0.3 is 0 Å². The second kappa shape index (κ2) is 11.2. The Morgan fingerprint density at radius 1 is 1.00 bits per heavy atom. The van der Waals surface area contributed by atoms with Crippen LogP contribution in [0, 0.1) is 23.7 Å². The molecule has 0 radical (unpaired) electrons. The summed E-state index contributed by atoms with van der Waals surface area (Å²) in [4.78, 5) is 14.5. The zero-order valence-corrected chi connectivity index (χ0v) is 15.7. The average Bonchev–Trinajstić information content (AvgIpc) is 2.83. The van der Waals surface area contributed by atoms with E-state index in [4.69, 9.17) is 0 Å². The van der Waals surface area contributed by atoms with E-state index in [1.807, 2.05) is 27.7 Å². The predicted octanol–water partition coefficient (Wildman–Crippen LogP) is 5.22. The van der Waals surface area contributed by atoms with Gasteiger partial charge in [-0.15, -0.1) is 0 Å². The lowest BCUT2D eigenvalue weighted by atomic mass is 9.94. The molecule has 122 valence electrons. The van der Waals surface area contributed by atoms with Crippen molar-refractivity contribution in [3.8, 4) is 0 Å². The van der Waals surface area contributed by atoms with Gasteiger partial charge in [0, 0.05) is 18.5 Å². The third-order valence-electron chi connectivity index (χ3n) is 3.99. The Labute approximate surface area is 128 Å². The zero-order chi connectivity index (χ0) is 16.5. The minimum Gasteiger partial charge on any atom is -0.339 e. The van der Waals surface area contributed by atoms with E-state index in [0.29, 0.717) is 29.7 Å². The maximum absolute atomic E-state index is 12.4. The van der Waals surface area contributed by atoms with E-state index in [9.17, 15) is 4.79 Å². The molecule has 0 aromatic rings. The van der Waals surface area contributed by atoms with E-state index in [0.717, 1.165) is 6.54 Å². The van der Waals surface area contributed by atoms with Gasteiger partial charge in [0.25, 0.3) is 0 Å². The van der Waals surface area contributed by atoms with Crippen LogP contribution < -0.4 is 0 Å². The summed E-state index contributed by atoms with van der Waals surface area (Å²) in [7, 11) is 0. The summed E-state index contributed by atoms with van der Waals surface area (Å²) < 4.78 is 0. The lowest BCUT2D eigenvalue weighted by Gasteiger charge is -2.31. The Bertz CT molecular complexity index is 248. The van der Waals surface area contributed by atoms with Crippen molar-refractivity contribution in [2.75, 3.05) is 6.54 Å². The largest absolute Gasteiger partial charge is 0.339 e. The smallest absolute Gasteiger partial charge is 0.225 e. The van der Waals surface area contributed by atoms with Gasteiger partial charge < -0.3 is 4.90 Å². The van der Waals surface area contributed by atoms with Crippen LogP contribution in [0.5, 0.6) is 0 Å². The van der Waals surface area contributed by atoms with E-state index < -0.39 is 0 Å². The SMILES string of the molecule is CC.CC.CC1C[C@@H](C(C)C)N(C(=O)C(C)C(C)C)C1. The minimum atomic E-state index is 0.159. The molecule has 1 fully saturated rings. The molecule has 2 nitrogen and oxygen atoms in total. The molecular weight excluding hydrogens is 246 g/mol. The van der Waals surface area contributed by atoms with Gasteiger partial charge in [-0.25, -0.2) is 0 Å². The van der Waals surface area contributed by atoms with Crippen LogP contribution in [-0.2, 0) is 4.79 Å². The number of likely N-dealkylation sites (tertiary alicyclic amines) is 1. The number of hydrogen-bond donors (Lipinski definition) is 0. The lowest BCUT2D eigenvalue weighted by molar-refractivity contribution is -0.138. The van der Waals surface area contributed by atoms with E-state index in [2.05, 4.69) is 46.4 Å². The molecule has 0 saturated carbocycles. The van der Waals surface area contributed by atoms with Crippen LogP contribution in [-0.4, -0.2) is 23.4 Å². The molecule has 1 saturated heterocycles. The highest BCUT2D eigenvalue weighted by Crippen LogP contribution is 2.30. The van der Waals surface area contributed by atoms with Gasteiger partial charge in [-0.1, -0.05) is 69.2 Å². The van der Waals surface area contributed by atoms with Gasteiger partial charge in [0.1, 0.15) is 0 Å². The van der Waals surface area contributed by atoms with Gasteiger partial charge in [0.05, 0.1) is 0 Å². The Kier molecular flexibility index (Phi) is 12.1. The monoisotopic (exact) mass is 285 g/mol. The van der Waals surface area contributed by atoms with Crippen LogP contribution in [0.2, 0.25) is 0 Å². The summed E-state index contributed by atoms with van der Waals surface area (Å²) in [5.41, 5.74) is 0. The van der Waals surface area contributed by atoms with Gasteiger partial charge in [-0.2, -0.15) is 0 Å². The third-order valence-corrected chi connectivity index (χ3v) is 3.99. The lowest BCUT2D eigenvalue weighted by Crippen LogP contribution is -2.42. The summed E-state index contributed by atoms with van der Waals surface area (Å²) >= 11 is 0. The molecule has 0 bridgehead atoms. The van der Waals surface area contributed by atoms with Crippen molar-refractivity contribution in [2.24, 2.45) is 23.7 Å². The van der Waals surface area contributed by atoms with Crippen molar-refractivity contribution in [1.82, 2.24) is 4.90 Å². The molecule has 1 aliphatic heterocycles. The van der Waals surface area contributed by atoms with Crippen LogP contribution in [0.4, 0.5) is 0 Å². The number of rotatable bonds is 3. The Hall–Kier alpha value is -0.530. The fraction of sp³-hybridized carbons (Fsp3) is 0.944. The number of hydrogen-bond acceptors (Lipinski definition) is 1. The van der Waals surface area contributed by atoms with Crippen molar-refractivity contribution in [1.29, 1.82) is 0 Å². The Balaban J connectivity index is 0. The normalized spacial score (nSPS) is 22.9. The highest BCUT2D eigenvalue weighted by Gasteiger charge is 2.36. The number of carbonyl (C=O) groups is 1. The van der Waals surface area contributed by atoms with Crippen molar-refractivity contribution in [3.63, 3.8) is 0 Å². The van der Waals surface area contributed by atoms with Crippen molar-refractivity contribution in [3.05, 3.63) is 0 Å². The molecule has 0 spiro atoms. The Morgan fingerprint density at radius 3 is 1.80 bits per heavy atom. The molecule has 2 unspecified atom stereocenters. The molecule has 0 aliphatic carbocycles. The van der Waals surface area contributed by atoms with Gasteiger partial charge in [0.2, 0.25) is 5.91 Å². The van der Waals surface area contributed by atoms with Gasteiger partial charge in [-0.05, 0) is 24.2 Å². The third kappa shape index (κ3) is 6.28. The number of amides is 1. The molecule has 0 N–H and O–H groups in total. The highest BCUT2D eigenvalue weighted by atomic mass is 16.2. The van der Waals surface area contributed by atoms with Crippen molar-refractivity contribution >= 4 is 5.91 Å². The van der Waals surface area contributed by atoms with E-state index in [-0.39, 0.29) is 5.92 Å². The van der Waals surface area contributed by atoms with Crippen LogP contribution in [0.15, 0.2) is 0 Å². The molecule has 20 heavy (non-hydrogen) atoms. The van der Waals surface area contributed by atoms with Gasteiger partial charge in [0.15, 0.2) is 0 Å². The molecule has 0 aromatic heterocycles. The van der Waals surface area contributed by atoms with Crippen molar-refractivity contribution < 1.29 is 4.79 Å². The van der Waals surface area contributed by atoms with Crippen LogP contribution in [0.1, 0.15) is 75.7 Å². The predicted molar refractivity (Wildman–Crippen MR) is 90.8 cm³/mol. The van der Waals surface area contributed by atoms with Crippen LogP contribution >= 0.6 is 0 Å². The average molecular weight is 286 g/mol. The quantitative estimate of drug-likeness (QED) is 0.696. The van der Waals surface area contributed by atoms with Crippen LogP contribution in [0.3, 0.4) is 0 Å². The van der Waals surface area contributed by atoms with E-state index in [1.54, 1.807) is 0 Å². The summed E-state index contributed by atoms with van der Waals surface area (Å²) in [6.07, 6.45) is 1.17. The minimum absolute atomic E-state index is 0.159. The molecule has 0 aromatic carbocycles. The fourth-order valence-corrected chi connectivity index (χ4v) is 2.52. The van der Waals surface area contributed by atoms with E-state index >= 15 is 0 Å². The first kappa shape index (κ1) is 21.8.